The van der Waals surface area contributed by atoms with Crippen molar-refractivity contribution < 1.29 is 14.0 Å². The van der Waals surface area contributed by atoms with E-state index in [0.29, 0.717) is 12.2 Å². The normalized spacial score (nSPS) is 11.8. The van der Waals surface area contributed by atoms with E-state index in [-0.39, 0.29) is 5.97 Å². The van der Waals surface area contributed by atoms with E-state index in [4.69, 9.17) is 4.74 Å². The Bertz CT molecular complexity index is 429. The number of esters is 1. The number of nitrogens with zero attached hydrogens (tertiary/aromatic N) is 2. The predicted molar refractivity (Wildman–Crippen MR) is 131 cm³/mol. The van der Waals surface area contributed by atoms with Gasteiger partial charge in [0.2, 0.25) is 0 Å². The summed E-state index contributed by atoms with van der Waals surface area (Å²) in [6.45, 7) is 22.9. The predicted octanol–water partition coefficient (Wildman–Crippen LogP) is 6.21. The van der Waals surface area contributed by atoms with Gasteiger partial charge in [-0.05, 0) is 59.7 Å². The molecule has 0 aromatic rings. The number of hydrogen-bond acceptors (Lipinski definition) is 3. The minimum absolute atomic E-state index is 0.260. The van der Waals surface area contributed by atoms with E-state index in [1.807, 2.05) is 0 Å². The largest absolute Gasteiger partial charge is 0.456 e. The summed E-state index contributed by atoms with van der Waals surface area (Å²) in [6, 6.07) is 0. The summed E-state index contributed by atoms with van der Waals surface area (Å²) in [4.78, 5) is 14.1. The van der Waals surface area contributed by atoms with Crippen molar-refractivity contribution in [1.82, 2.24) is 4.90 Å². The van der Waals surface area contributed by atoms with Crippen molar-refractivity contribution in [1.29, 1.82) is 0 Å². The minimum Gasteiger partial charge on any atom is -0.456 e. The first-order valence-corrected chi connectivity index (χ1v) is 12.8. The molecule has 0 saturated carbocycles. The summed E-state index contributed by atoms with van der Waals surface area (Å²) in [5, 5.41) is 0. The average Bonchev–Trinajstić information content (AvgIpc) is 2.75. The second-order valence-electron chi connectivity index (χ2n) is 8.90. The van der Waals surface area contributed by atoms with Gasteiger partial charge in [0.15, 0.2) is 0 Å². The van der Waals surface area contributed by atoms with Crippen LogP contribution in [0.5, 0.6) is 0 Å². The molecule has 0 aliphatic carbocycles. The highest BCUT2D eigenvalue weighted by Gasteiger charge is 2.23. The molecule has 0 saturated heterocycles. The number of carbonyl (C=O) groups excluding carboxylic acids is 1. The lowest BCUT2D eigenvalue weighted by Crippen LogP contribution is -2.50. The first-order valence-electron chi connectivity index (χ1n) is 12.8. The summed E-state index contributed by atoms with van der Waals surface area (Å²) in [5.74, 6) is -0.260. The maximum Gasteiger partial charge on any atom is 0.333 e. The van der Waals surface area contributed by atoms with Crippen molar-refractivity contribution in [3.63, 3.8) is 0 Å². The molecule has 0 aromatic heterocycles. The van der Waals surface area contributed by atoms with Gasteiger partial charge in [0, 0.05) is 5.57 Å². The molecule has 0 rings (SSSR count). The van der Waals surface area contributed by atoms with E-state index < -0.39 is 0 Å². The van der Waals surface area contributed by atoms with Crippen LogP contribution in [0, 0.1) is 0 Å². The second kappa shape index (κ2) is 18.9. The molecule has 0 aromatic carbocycles. The number of hydrogen-bond donors (Lipinski definition) is 0. The van der Waals surface area contributed by atoms with Gasteiger partial charge < -0.3 is 14.1 Å². The fraction of sp³-hybridized carbons (Fsp3) is 0.885. The minimum atomic E-state index is -0.260. The Morgan fingerprint density at radius 3 is 1.67 bits per heavy atom. The first-order chi connectivity index (χ1) is 14.4. The fourth-order valence-corrected chi connectivity index (χ4v) is 4.16. The zero-order valence-electron chi connectivity index (χ0n) is 21.1. The number of unbranched alkanes of at least 4 members (excludes halogenated alkanes) is 9. The van der Waals surface area contributed by atoms with Crippen LogP contribution >= 0.6 is 0 Å². The first kappa shape index (κ1) is 29.1. The zero-order valence-corrected chi connectivity index (χ0v) is 21.1. The fourth-order valence-electron chi connectivity index (χ4n) is 4.16. The second-order valence-corrected chi connectivity index (χ2v) is 8.90. The summed E-state index contributed by atoms with van der Waals surface area (Å²) >= 11 is 0. The Morgan fingerprint density at radius 1 is 0.767 bits per heavy atom. The Labute approximate surface area is 188 Å². The molecule has 0 atom stereocenters. The van der Waals surface area contributed by atoms with Gasteiger partial charge in [0.05, 0.1) is 19.6 Å². The number of rotatable bonds is 21. The van der Waals surface area contributed by atoms with Crippen LogP contribution in [-0.4, -0.2) is 67.8 Å². The van der Waals surface area contributed by atoms with Gasteiger partial charge in [-0.2, -0.15) is 0 Å². The molecule has 0 radical (unpaired) electrons. The summed E-state index contributed by atoms with van der Waals surface area (Å²) in [6.07, 6.45) is 13.7. The van der Waals surface area contributed by atoms with Crippen molar-refractivity contribution in [2.75, 3.05) is 52.4 Å². The van der Waals surface area contributed by atoms with Crippen LogP contribution in [0.3, 0.4) is 0 Å². The van der Waals surface area contributed by atoms with Crippen LogP contribution in [0.1, 0.15) is 98.8 Å². The zero-order chi connectivity index (χ0) is 22.7. The molecule has 0 bridgehead atoms. The molecular formula is C26H53N2O2+. The van der Waals surface area contributed by atoms with Crippen molar-refractivity contribution in [3.8, 4) is 0 Å². The van der Waals surface area contributed by atoms with Crippen molar-refractivity contribution in [3.05, 3.63) is 12.2 Å². The van der Waals surface area contributed by atoms with Crippen LogP contribution in [0.25, 0.3) is 0 Å². The lowest BCUT2D eigenvalue weighted by Gasteiger charge is -2.36. The molecular weight excluding hydrogens is 372 g/mol. The van der Waals surface area contributed by atoms with E-state index in [1.165, 1.54) is 90.4 Å². The lowest BCUT2D eigenvalue weighted by molar-refractivity contribution is -0.925. The van der Waals surface area contributed by atoms with E-state index in [1.54, 1.807) is 6.92 Å². The average molecular weight is 426 g/mol. The van der Waals surface area contributed by atoms with Crippen molar-refractivity contribution >= 4 is 5.97 Å². The lowest BCUT2D eigenvalue weighted by atomic mass is 10.1. The Morgan fingerprint density at radius 2 is 1.23 bits per heavy atom. The van der Waals surface area contributed by atoms with Gasteiger partial charge in [-0.3, -0.25) is 0 Å². The maximum absolute atomic E-state index is 11.6. The molecule has 0 amide bonds. The Hall–Kier alpha value is -0.870. The molecule has 0 N–H and O–H groups in total. The van der Waals surface area contributed by atoms with Crippen molar-refractivity contribution in [2.45, 2.75) is 98.8 Å². The molecule has 4 nitrogen and oxygen atoms in total. The van der Waals surface area contributed by atoms with Crippen LogP contribution in [0.15, 0.2) is 12.2 Å². The summed E-state index contributed by atoms with van der Waals surface area (Å²) in [5.41, 5.74) is 0.487. The molecule has 0 heterocycles. The third kappa shape index (κ3) is 14.2. The Balaban J connectivity index is 3.71. The number of quaternary nitrogens is 1. The molecule has 0 aliphatic rings. The van der Waals surface area contributed by atoms with E-state index in [0.717, 1.165) is 24.1 Å². The highest BCUT2D eigenvalue weighted by molar-refractivity contribution is 5.86. The third-order valence-corrected chi connectivity index (χ3v) is 6.74. The molecule has 30 heavy (non-hydrogen) atoms. The van der Waals surface area contributed by atoms with Gasteiger partial charge >= 0.3 is 5.97 Å². The van der Waals surface area contributed by atoms with E-state index in [9.17, 15) is 4.79 Å². The molecule has 0 fully saturated rings. The highest BCUT2D eigenvalue weighted by atomic mass is 16.5. The number of likely N-dealkylation sites (N-methyl/N-ethyl adjacent to an activating group) is 1. The highest BCUT2D eigenvalue weighted by Crippen LogP contribution is 2.14. The molecule has 0 aliphatic heterocycles. The van der Waals surface area contributed by atoms with E-state index >= 15 is 0 Å². The molecule has 0 unspecified atom stereocenters. The topological polar surface area (TPSA) is 29.5 Å². The number of carbonyl (C=O) groups is 1. The van der Waals surface area contributed by atoms with E-state index in [2.05, 4.69) is 39.2 Å². The SMILES string of the molecule is C=C(C)C(=O)OCC[N+](CC)(CC)CCCCCCCCCCCCN(CC)CC. The Kier molecular flexibility index (Phi) is 18.3. The van der Waals surface area contributed by atoms with Crippen LogP contribution in [-0.2, 0) is 9.53 Å². The van der Waals surface area contributed by atoms with Crippen LogP contribution in [0.2, 0.25) is 0 Å². The van der Waals surface area contributed by atoms with Gasteiger partial charge in [0.25, 0.3) is 0 Å². The maximum atomic E-state index is 11.6. The quantitative estimate of drug-likeness (QED) is 0.0948. The van der Waals surface area contributed by atoms with Crippen molar-refractivity contribution in [2.24, 2.45) is 0 Å². The monoisotopic (exact) mass is 425 g/mol. The number of ether oxygens (including phenoxy) is 1. The molecule has 4 heteroatoms. The smallest absolute Gasteiger partial charge is 0.333 e. The third-order valence-electron chi connectivity index (χ3n) is 6.74. The van der Waals surface area contributed by atoms with Crippen LogP contribution < -0.4 is 0 Å². The van der Waals surface area contributed by atoms with Gasteiger partial charge in [0.1, 0.15) is 13.2 Å². The summed E-state index contributed by atoms with van der Waals surface area (Å²) < 4.78 is 6.39. The summed E-state index contributed by atoms with van der Waals surface area (Å²) in [7, 11) is 0. The molecule has 0 spiro atoms. The van der Waals surface area contributed by atoms with Crippen LogP contribution in [0.4, 0.5) is 0 Å². The van der Waals surface area contributed by atoms with Gasteiger partial charge in [-0.15, -0.1) is 0 Å². The standard InChI is InChI=1S/C26H53N2O2/c1-7-27(8-2)21-19-17-15-13-11-12-14-16-18-20-22-28(9-3,10-4)23-24-30-26(29)25(5)6/h5,7-24H2,1-4,6H3/q+1. The van der Waals surface area contributed by atoms with Gasteiger partial charge in [-0.25, -0.2) is 4.79 Å². The molecule has 178 valence electrons. The van der Waals surface area contributed by atoms with Gasteiger partial charge in [-0.1, -0.05) is 65.4 Å².